The predicted octanol–water partition coefficient (Wildman–Crippen LogP) is 0.728. The van der Waals surface area contributed by atoms with Crippen molar-refractivity contribution in [2.75, 3.05) is 5.32 Å². The molecule has 1 atom stereocenters. The van der Waals surface area contributed by atoms with E-state index in [9.17, 15) is 9.59 Å². The van der Waals surface area contributed by atoms with E-state index in [4.69, 9.17) is 0 Å². The van der Waals surface area contributed by atoms with Gasteiger partial charge in [0.15, 0.2) is 0 Å². The van der Waals surface area contributed by atoms with Gasteiger partial charge in [0.05, 0.1) is 23.5 Å². The number of aromatic nitrogens is 2. The molecule has 1 unspecified atom stereocenters. The molecule has 0 aromatic carbocycles. The van der Waals surface area contributed by atoms with Crippen LogP contribution in [0.25, 0.3) is 0 Å². The van der Waals surface area contributed by atoms with Crippen molar-refractivity contribution in [1.82, 2.24) is 15.1 Å². The Morgan fingerprint density at radius 1 is 1.33 bits per heavy atom. The smallest absolute Gasteiger partial charge is 0.252 e. The Morgan fingerprint density at radius 3 is 2.61 bits per heavy atom. The first-order valence-corrected chi connectivity index (χ1v) is 6.22. The molecule has 1 saturated carbocycles. The fourth-order valence-corrected chi connectivity index (χ4v) is 2.42. The molecule has 18 heavy (non-hydrogen) atoms. The highest BCUT2D eigenvalue weighted by Gasteiger charge is 2.46. The van der Waals surface area contributed by atoms with Crippen molar-refractivity contribution in [1.29, 1.82) is 0 Å². The van der Waals surface area contributed by atoms with Gasteiger partial charge in [-0.2, -0.15) is 5.10 Å². The molecule has 0 radical (unpaired) electrons. The Kier molecular flexibility index (Phi) is 2.39. The van der Waals surface area contributed by atoms with Gasteiger partial charge in [0, 0.05) is 6.04 Å². The van der Waals surface area contributed by atoms with Crippen molar-refractivity contribution < 1.29 is 9.59 Å². The molecule has 3 rings (SSSR count). The number of amides is 2. The molecule has 1 aliphatic heterocycles. The van der Waals surface area contributed by atoms with Crippen molar-refractivity contribution in [2.24, 2.45) is 0 Å². The number of aryl methyl sites for hydroxylation is 2. The highest BCUT2D eigenvalue weighted by Crippen LogP contribution is 2.32. The van der Waals surface area contributed by atoms with Crippen LogP contribution in [0, 0.1) is 13.8 Å². The standard InChI is InChI=1S/C12H16N4O2/c1-6-11(7(2)15-14-6)13-9-5-10(17)16(12(9)18)8-3-4-8/h8-9,13H,3-5H2,1-2H3,(H,14,15). The lowest BCUT2D eigenvalue weighted by molar-refractivity contribution is -0.139. The molecule has 6 heteroatoms. The van der Waals surface area contributed by atoms with E-state index < -0.39 is 6.04 Å². The van der Waals surface area contributed by atoms with Gasteiger partial charge in [-0.1, -0.05) is 0 Å². The van der Waals surface area contributed by atoms with E-state index in [-0.39, 0.29) is 24.3 Å². The molecule has 2 aliphatic rings. The summed E-state index contributed by atoms with van der Waals surface area (Å²) in [5.74, 6) is -0.152. The molecule has 96 valence electrons. The molecular formula is C12H16N4O2. The topological polar surface area (TPSA) is 78.1 Å². The number of hydrogen-bond donors (Lipinski definition) is 2. The maximum Gasteiger partial charge on any atom is 0.252 e. The van der Waals surface area contributed by atoms with Crippen LogP contribution in [0.4, 0.5) is 5.69 Å². The summed E-state index contributed by atoms with van der Waals surface area (Å²) in [6, 6.07) is -0.281. The second-order valence-corrected chi connectivity index (χ2v) is 5.04. The summed E-state index contributed by atoms with van der Waals surface area (Å²) >= 11 is 0. The second-order valence-electron chi connectivity index (χ2n) is 5.04. The minimum atomic E-state index is -0.437. The molecule has 1 saturated heterocycles. The van der Waals surface area contributed by atoms with Crippen LogP contribution in [0.5, 0.6) is 0 Å². The fourth-order valence-electron chi connectivity index (χ4n) is 2.42. The summed E-state index contributed by atoms with van der Waals surface area (Å²) in [5.41, 5.74) is 2.54. The lowest BCUT2D eigenvalue weighted by Crippen LogP contribution is -2.36. The molecule has 0 bridgehead atoms. The molecule has 2 N–H and O–H groups in total. The number of likely N-dealkylation sites (tertiary alicyclic amines) is 1. The molecule has 2 fully saturated rings. The van der Waals surface area contributed by atoms with Crippen LogP contribution >= 0.6 is 0 Å². The largest absolute Gasteiger partial charge is 0.370 e. The first-order chi connectivity index (χ1) is 8.58. The van der Waals surface area contributed by atoms with Gasteiger partial charge in [-0.05, 0) is 26.7 Å². The maximum absolute atomic E-state index is 12.2. The van der Waals surface area contributed by atoms with E-state index >= 15 is 0 Å². The lowest BCUT2D eigenvalue weighted by atomic mass is 10.2. The summed E-state index contributed by atoms with van der Waals surface area (Å²) in [5, 5.41) is 10.1. The maximum atomic E-state index is 12.2. The van der Waals surface area contributed by atoms with E-state index in [0.29, 0.717) is 0 Å². The summed E-state index contributed by atoms with van der Waals surface area (Å²) in [6.45, 7) is 3.76. The number of hydrogen-bond acceptors (Lipinski definition) is 4. The van der Waals surface area contributed by atoms with Gasteiger partial charge in [0.2, 0.25) is 5.91 Å². The van der Waals surface area contributed by atoms with Crippen molar-refractivity contribution in [2.45, 2.75) is 45.2 Å². The molecule has 1 aromatic rings. The summed E-state index contributed by atoms with van der Waals surface area (Å²) < 4.78 is 0. The SMILES string of the molecule is Cc1n[nH]c(C)c1NC1CC(=O)N(C2CC2)C1=O. The third-order valence-corrected chi connectivity index (χ3v) is 3.54. The minimum absolute atomic E-state index is 0.0567. The minimum Gasteiger partial charge on any atom is -0.370 e. The van der Waals surface area contributed by atoms with Crippen molar-refractivity contribution in [3.63, 3.8) is 0 Å². The molecular weight excluding hydrogens is 232 g/mol. The van der Waals surface area contributed by atoms with E-state index in [0.717, 1.165) is 29.9 Å². The van der Waals surface area contributed by atoms with Gasteiger partial charge in [-0.25, -0.2) is 0 Å². The van der Waals surface area contributed by atoms with Gasteiger partial charge in [0.1, 0.15) is 6.04 Å². The number of anilines is 1. The molecule has 2 heterocycles. The number of rotatable bonds is 3. The van der Waals surface area contributed by atoms with Crippen LogP contribution < -0.4 is 5.32 Å². The number of carbonyl (C=O) groups is 2. The molecule has 1 aliphatic carbocycles. The zero-order chi connectivity index (χ0) is 12.9. The number of H-pyrrole nitrogens is 1. The van der Waals surface area contributed by atoms with Crippen LogP contribution in [0.1, 0.15) is 30.7 Å². The zero-order valence-electron chi connectivity index (χ0n) is 10.5. The molecule has 0 spiro atoms. The summed E-state index contributed by atoms with van der Waals surface area (Å²) in [4.78, 5) is 25.4. The Hall–Kier alpha value is -1.85. The number of nitrogens with zero attached hydrogens (tertiary/aromatic N) is 2. The van der Waals surface area contributed by atoms with E-state index in [1.165, 1.54) is 4.90 Å². The Balaban J connectivity index is 1.78. The van der Waals surface area contributed by atoms with Crippen LogP contribution in [0.2, 0.25) is 0 Å². The van der Waals surface area contributed by atoms with E-state index in [1.807, 2.05) is 13.8 Å². The first-order valence-electron chi connectivity index (χ1n) is 6.22. The van der Waals surface area contributed by atoms with Crippen molar-refractivity contribution in [3.8, 4) is 0 Å². The third kappa shape index (κ3) is 1.68. The quantitative estimate of drug-likeness (QED) is 0.773. The highest BCUT2D eigenvalue weighted by molar-refractivity contribution is 6.07. The lowest BCUT2D eigenvalue weighted by Gasteiger charge is -2.15. The molecule has 6 nitrogen and oxygen atoms in total. The van der Waals surface area contributed by atoms with Crippen molar-refractivity contribution >= 4 is 17.5 Å². The van der Waals surface area contributed by atoms with Gasteiger partial charge in [-0.15, -0.1) is 0 Å². The number of nitrogens with one attached hydrogen (secondary N) is 2. The number of aromatic amines is 1. The average Bonchev–Trinajstić information content (AvgIpc) is 3.05. The normalized spacial score (nSPS) is 23.9. The Labute approximate surface area is 105 Å². The second kappa shape index (κ2) is 3.83. The number of imide groups is 1. The number of carbonyl (C=O) groups excluding carboxylic acids is 2. The third-order valence-electron chi connectivity index (χ3n) is 3.54. The van der Waals surface area contributed by atoms with Crippen LogP contribution in [-0.2, 0) is 9.59 Å². The van der Waals surface area contributed by atoms with Crippen LogP contribution in [-0.4, -0.2) is 39.0 Å². The Bertz CT molecular complexity index is 499. The summed E-state index contributed by atoms with van der Waals surface area (Å²) in [6.07, 6.45) is 2.15. The average molecular weight is 248 g/mol. The highest BCUT2D eigenvalue weighted by atomic mass is 16.2. The van der Waals surface area contributed by atoms with Gasteiger partial charge >= 0.3 is 0 Å². The van der Waals surface area contributed by atoms with Gasteiger partial charge in [0.25, 0.3) is 5.91 Å². The van der Waals surface area contributed by atoms with Crippen LogP contribution in [0.3, 0.4) is 0 Å². The van der Waals surface area contributed by atoms with Crippen LogP contribution in [0.15, 0.2) is 0 Å². The predicted molar refractivity (Wildman–Crippen MR) is 65.0 cm³/mol. The fraction of sp³-hybridized carbons (Fsp3) is 0.583. The van der Waals surface area contributed by atoms with Gasteiger partial charge < -0.3 is 5.32 Å². The van der Waals surface area contributed by atoms with Crippen molar-refractivity contribution in [3.05, 3.63) is 11.4 Å². The monoisotopic (exact) mass is 248 g/mol. The summed E-state index contributed by atoms with van der Waals surface area (Å²) in [7, 11) is 0. The Morgan fingerprint density at radius 2 is 2.06 bits per heavy atom. The van der Waals surface area contributed by atoms with E-state index in [1.54, 1.807) is 0 Å². The first kappa shape index (κ1) is 11.3. The molecule has 1 aromatic heterocycles. The van der Waals surface area contributed by atoms with E-state index in [2.05, 4.69) is 15.5 Å². The molecule has 2 amide bonds. The van der Waals surface area contributed by atoms with Gasteiger partial charge in [-0.3, -0.25) is 19.6 Å². The zero-order valence-corrected chi connectivity index (χ0v) is 10.5.